The van der Waals surface area contributed by atoms with E-state index in [4.69, 9.17) is 0 Å². The second-order valence-corrected chi connectivity index (χ2v) is 7.25. The molecule has 0 bridgehead atoms. The molecule has 0 fully saturated rings. The van der Waals surface area contributed by atoms with E-state index in [-0.39, 0.29) is 18.3 Å². The van der Waals surface area contributed by atoms with Crippen LogP contribution in [0.3, 0.4) is 0 Å². The molecule has 0 saturated carbocycles. The van der Waals surface area contributed by atoms with E-state index >= 15 is 0 Å². The molecule has 0 aliphatic heterocycles. The van der Waals surface area contributed by atoms with Gasteiger partial charge in [0.15, 0.2) is 5.65 Å². The number of fused-ring (bicyclic) bond motifs is 1. The van der Waals surface area contributed by atoms with Gasteiger partial charge in [-0.2, -0.15) is 0 Å². The number of hydrogen-bond acceptors (Lipinski definition) is 4. The largest absolute Gasteiger partial charge is 0.354 e. The van der Waals surface area contributed by atoms with Crippen LogP contribution in [0.15, 0.2) is 42.6 Å². The van der Waals surface area contributed by atoms with Crippen LogP contribution in [0, 0.1) is 6.92 Å². The van der Waals surface area contributed by atoms with Crippen LogP contribution in [-0.4, -0.2) is 33.9 Å². The highest BCUT2D eigenvalue weighted by molar-refractivity contribution is 6.07. The minimum Gasteiger partial charge on any atom is -0.354 e. The number of pyridine rings is 2. The lowest BCUT2D eigenvalue weighted by Crippen LogP contribution is -2.31. The number of carbonyl (C=O) groups is 1. The molecule has 0 spiro atoms. The molecule has 154 valence electrons. The number of nitrogens with zero attached hydrogens (tertiary/aromatic N) is 3. The molecule has 3 aromatic rings. The zero-order valence-corrected chi connectivity index (χ0v) is 18.5. The van der Waals surface area contributed by atoms with E-state index in [0.29, 0.717) is 30.2 Å². The molecule has 3 rings (SSSR count). The Balaban J connectivity index is 0.00000300. The monoisotopic (exact) mass is 412 g/mol. The average molecular weight is 413 g/mol. The van der Waals surface area contributed by atoms with E-state index in [1.807, 2.05) is 32.9 Å². The number of carbonyl (C=O) groups excluding carboxylic acids is 1. The Bertz CT molecular complexity index is 982. The average Bonchev–Trinajstić information content (AvgIpc) is 2.69. The van der Waals surface area contributed by atoms with Crippen LogP contribution in [0.5, 0.6) is 0 Å². The quantitative estimate of drug-likeness (QED) is 0.563. The zero-order chi connectivity index (χ0) is 20.3. The Labute approximate surface area is 179 Å². The first kappa shape index (κ1) is 22.6. The van der Waals surface area contributed by atoms with Crippen LogP contribution in [0.4, 0.5) is 11.4 Å². The number of halogens is 1. The summed E-state index contributed by atoms with van der Waals surface area (Å²) in [7, 11) is 0. The second-order valence-electron chi connectivity index (χ2n) is 7.25. The van der Waals surface area contributed by atoms with Crippen molar-refractivity contribution in [1.29, 1.82) is 0 Å². The molecule has 29 heavy (non-hydrogen) atoms. The zero-order valence-electron chi connectivity index (χ0n) is 17.7. The summed E-state index contributed by atoms with van der Waals surface area (Å²) in [6, 6.07) is 12.3. The van der Waals surface area contributed by atoms with Gasteiger partial charge < -0.3 is 10.2 Å². The molecule has 2 heterocycles. The predicted molar refractivity (Wildman–Crippen MR) is 123 cm³/mol. The maximum atomic E-state index is 13.1. The van der Waals surface area contributed by atoms with Crippen molar-refractivity contribution >= 4 is 40.7 Å². The number of aryl methyl sites for hydroxylation is 1. The van der Waals surface area contributed by atoms with Gasteiger partial charge in [-0.3, -0.25) is 4.79 Å². The van der Waals surface area contributed by atoms with Crippen molar-refractivity contribution in [2.45, 2.75) is 40.5 Å². The summed E-state index contributed by atoms with van der Waals surface area (Å²) >= 11 is 0. The second kappa shape index (κ2) is 9.70. The van der Waals surface area contributed by atoms with E-state index in [9.17, 15) is 4.79 Å². The molecule has 2 aromatic heterocycles. The number of anilines is 2. The Morgan fingerprint density at radius 1 is 1.07 bits per heavy atom. The van der Waals surface area contributed by atoms with Crippen molar-refractivity contribution in [3.63, 3.8) is 0 Å². The first-order valence-corrected chi connectivity index (χ1v) is 9.87. The van der Waals surface area contributed by atoms with Crippen LogP contribution in [0.1, 0.15) is 55.2 Å². The van der Waals surface area contributed by atoms with Crippen LogP contribution in [0.2, 0.25) is 0 Å². The summed E-state index contributed by atoms with van der Waals surface area (Å²) in [6.45, 7) is 11.6. The normalized spacial score (nSPS) is 10.7. The highest BCUT2D eigenvalue weighted by Crippen LogP contribution is 2.30. The Kier molecular flexibility index (Phi) is 7.57. The van der Waals surface area contributed by atoms with Gasteiger partial charge in [0.2, 0.25) is 0 Å². The van der Waals surface area contributed by atoms with Crippen molar-refractivity contribution < 1.29 is 4.79 Å². The standard InChI is InChI=1S/C23H28N4O.ClH/c1-6-27(7-2)23(28)20-14-24-22-19(13-8-16(5)25-22)21(20)26-18-11-9-17(10-12-18)15(3)4;/h8-15H,6-7H2,1-5H3,(H,24,25,26);1H. The summed E-state index contributed by atoms with van der Waals surface area (Å²) in [5.41, 5.74) is 5.07. The topological polar surface area (TPSA) is 58.1 Å². The number of rotatable bonds is 6. The molecule has 0 saturated heterocycles. The van der Waals surface area contributed by atoms with Gasteiger partial charge in [0.1, 0.15) is 0 Å². The maximum Gasteiger partial charge on any atom is 0.257 e. The molecule has 6 heteroatoms. The van der Waals surface area contributed by atoms with Crippen LogP contribution < -0.4 is 5.32 Å². The fourth-order valence-corrected chi connectivity index (χ4v) is 3.25. The van der Waals surface area contributed by atoms with Crippen molar-refractivity contribution in [2.75, 3.05) is 18.4 Å². The lowest BCUT2D eigenvalue weighted by atomic mass is 10.0. The molecule has 0 aliphatic carbocycles. The molecule has 5 nitrogen and oxygen atoms in total. The number of benzene rings is 1. The van der Waals surface area contributed by atoms with Gasteiger partial charge in [0.25, 0.3) is 5.91 Å². The first-order chi connectivity index (χ1) is 13.4. The van der Waals surface area contributed by atoms with Crippen molar-refractivity contribution in [3.05, 3.63) is 59.4 Å². The molecule has 0 unspecified atom stereocenters. The van der Waals surface area contributed by atoms with Gasteiger partial charge in [-0.05, 0) is 56.5 Å². The van der Waals surface area contributed by atoms with Gasteiger partial charge in [-0.1, -0.05) is 26.0 Å². The van der Waals surface area contributed by atoms with Crippen molar-refractivity contribution in [2.24, 2.45) is 0 Å². The predicted octanol–water partition coefficient (Wildman–Crippen LogP) is 5.71. The lowest BCUT2D eigenvalue weighted by Gasteiger charge is -2.21. The molecular weight excluding hydrogens is 384 g/mol. The molecule has 0 radical (unpaired) electrons. The molecule has 0 atom stereocenters. The van der Waals surface area contributed by atoms with Gasteiger partial charge in [-0.15, -0.1) is 12.4 Å². The number of aromatic nitrogens is 2. The number of nitrogens with one attached hydrogen (secondary N) is 1. The summed E-state index contributed by atoms with van der Waals surface area (Å²) in [4.78, 5) is 23.9. The van der Waals surface area contributed by atoms with Crippen LogP contribution in [-0.2, 0) is 0 Å². The third-order valence-electron chi connectivity index (χ3n) is 5.00. The van der Waals surface area contributed by atoms with Crippen molar-refractivity contribution in [3.8, 4) is 0 Å². The van der Waals surface area contributed by atoms with E-state index in [2.05, 4.69) is 53.4 Å². The van der Waals surface area contributed by atoms with Crippen molar-refractivity contribution in [1.82, 2.24) is 14.9 Å². The number of hydrogen-bond donors (Lipinski definition) is 1. The van der Waals surface area contributed by atoms with E-state index in [1.165, 1.54) is 5.56 Å². The van der Waals surface area contributed by atoms with Crippen LogP contribution >= 0.6 is 12.4 Å². The lowest BCUT2D eigenvalue weighted by molar-refractivity contribution is 0.0774. The highest BCUT2D eigenvalue weighted by Gasteiger charge is 2.20. The smallest absolute Gasteiger partial charge is 0.257 e. The fourth-order valence-electron chi connectivity index (χ4n) is 3.25. The molecule has 0 aliphatic rings. The minimum atomic E-state index is -0.0266. The third kappa shape index (κ3) is 4.85. The summed E-state index contributed by atoms with van der Waals surface area (Å²) in [5.74, 6) is 0.448. The van der Waals surface area contributed by atoms with E-state index < -0.39 is 0 Å². The first-order valence-electron chi connectivity index (χ1n) is 9.87. The van der Waals surface area contributed by atoms with Gasteiger partial charge in [0.05, 0.1) is 11.3 Å². The Hall–Kier alpha value is -2.66. The van der Waals surface area contributed by atoms with E-state index in [0.717, 1.165) is 22.5 Å². The summed E-state index contributed by atoms with van der Waals surface area (Å²) in [5, 5.41) is 4.30. The minimum absolute atomic E-state index is 0. The van der Waals surface area contributed by atoms with Gasteiger partial charge in [0, 0.05) is 36.1 Å². The van der Waals surface area contributed by atoms with E-state index in [1.54, 1.807) is 11.1 Å². The Morgan fingerprint density at radius 3 is 2.31 bits per heavy atom. The third-order valence-corrected chi connectivity index (χ3v) is 5.00. The van der Waals surface area contributed by atoms with Crippen LogP contribution in [0.25, 0.3) is 11.0 Å². The molecule has 1 aromatic carbocycles. The SMILES string of the molecule is CCN(CC)C(=O)c1cnc2nc(C)ccc2c1Nc1ccc(C(C)C)cc1.Cl. The molecule has 1 amide bonds. The van der Waals surface area contributed by atoms with Gasteiger partial charge in [-0.25, -0.2) is 9.97 Å². The number of amides is 1. The molecule has 1 N–H and O–H groups in total. The molecular formula is C23H29ClN4O. The highest BCUT2D eigenvalue weighted by atomic mass is 35.5. The Morgan fingerprint density at radius 2 is 1.72 bits per heavy atom. The summed E-state index contributed by atoms with van der Waals surface area (Å²) < 4.78 is 0. The fraction of sp³-hybridized carbons (Fsp3) is 0.348. The maximum absolute atomic E-state index is 13.1. The van der Waals surface area contributed by atoms with Gasteiger partial charge >= 0.3 is 0 Å². The summed E-state index contributed by atoms with van der Waals surface area (Å²) in [6.07, 6.45) is 1.64.